The lowest BCUT2D eigenvalue weighted by atomic mass is 10.3. The lowest BCUT2D eigenvalue weighted by molar-refractivity contribution is -0.114. The molecule has 0 atom stereocenters. The number of carbonyl (C=O) groups excluding carboxylic acids is 1. The third-order valence-corrected chi connectivity index (χ3v) is 6.59. The molecule has 0 radical (unpaired) electrons. The summed E-state index contributed by atoms with van der Waals surface area (Å²) in [5.41, 5.74) is 1.53. The molecule has 154 valence electrons. The maximum Gasteiger partial charge on any atom is 0.240 e. The van der Waals surface area contributed by atoms with Crippen LogP contribution in [0.4, 0.5) is 11.4 Å². The van der Waals surface area contributed by atoms with Crippen molar-refractivity contribution in [2.75, 3.05) is 22.3 Å². The van der Waals surface area contributed by atoms with Gasteiger partial charge in [-0.3, -0.25) is 9.52 Å². The van der Waals surface area contributed by atoms with Gasteiger partial charge in [0.15, 0.2) is 0 Å². The smallest absolute Gasteiger partial charge is 0.240 e. The van der Waals surface area contributed by atoms with Crippen LogP contribution in [-0.2, 0) is 24.8 Å². The number of carbonyl (C=O) groups is 1. The first kappa shape index (κ1) is 20.8. The van der Waals surface area contributed by atoms with Crippen molar-refractivity contribution in [1.29, 1.82) is 0 Å². The predicted octanol–water partition coefficient (Wildman–Crippen LogP) is 1.01. The van der Waals surface area contributed by atoms with Crippen LogP contribution in [0.3, 0.4) is 0 Å². The number of benzene rings is 1. The van der Waals surface area contributed by atoms with Crippen molar-refractivity contribution in [3.63, 3.8) is 0 Å². The summed E-state index contributed by atoms with van der Waals surface area (Å²) in [7, 11) is -7.65. The van der Waals surface area contributed by atoms with Crippen LogP contribution in [-0.4, -0.2) is 44.7 Å². The first-order valence-electron chi connectivity index (χ1n) is 8.46. The Labute approximate surface area is 168 Å². The number of rotatable bonds is 8. The molecule has 2 aromatic heterocycles. The van der Waals surface area contributed by atoms with Crippen molar-refractivity contribution >= 4 is 42.8 Å². The number of nitrogens with zero attached hydrogens (tertiary/aromatic N) is 2. The second-order valence-corrected chi connectivity index (χ2v) is 9.75. The molecule has 0 spiro atoms. The topological polar surface area (TPSA) is 139 Å². The molecule has 3 aromatic rings. The van der Waals surface area contributed by atoms with Crippen molar-refractivity contribution < 1.29 is 21.6 Å². The molecule has 1 aromatic carbocycles. The Morgan fingerprint density at radius 3 is 2.45 bits per heavy atom. The highest BCUT2D eigenvalue weighted by molar-refractivity contribution is 7.92. The quantitative estimate of drug-likeness (QED) is 0.481. The zero-order chi connectivity index (χ0) is 21.1. The standard InChI is InChI=1S/C17H19N5O5S2/c1-13(23)20-14-2-4-17(5-3-14)29(26,27)19-9-11-28(24,25)21-15-7-10-22-16(12-15)6-8-18-22/h2-8,10,12,19,21H,9,11H2,1H3,(H,20,23). The molecular weight excluding hydrogens is 418 g/mol. The molecule has 0 aliphatic rings. The number of hydrogen-bond donors (Lipinski definition) is 3. The maximum atomic E-state index is 12.3. The van der Waals surface area contributed by atoms with Crippen molar-refractivity contribution in [3.8, 4) is 0 Å². The van der Waals surface area contributed by atoms with E-state index in [1.165, 1.54) is 31.2 Å². The van der Waals surface area contributed by atoms with Gasteiger partial charge in [0, 0.05) is 31.5 Å². The van der Waals surface area contributed by atoms with Gasteiger partial charge in [0.2, 0.25) is 26.0 Å². The summed E-state index contributed by atoms with van der Waals surface area (Å²) >= 11 is 0. The Balaban J connectivity index is 1.59. The molecule has 10 nitrogen and oxygen atoms in total. The van der Waals surface area contributed by atoms with Crippen molar-refractivity contribution in [2.45, 2.75) is 11.8 Å². The van der Waals surface area contributed by atoms with Crippen LogP contribution < -0.4 is 14.8 Å². The first-order valence-corrected chi connectivity index (χ1v) is 11.6. The molecule has 3 rings (SSSR count). The molecule has 0 aliphatic heterocycles. The molecule has 2 heterocycles. The lowest BCUT2D eigenvalue weighted by Gasteiger charge is -2.10. The number of sulfonamides is 2. The van der Waals surface area contributed by atoms with Gasteiger partial charge in [-0.2, -0.15) is 5.10 Å². The average Bonchev–Trinajstić information content (AvgIpc) is 3.08. The molecule has 0 unspecified atom stereocenters. The molecule has 1 amide bonds. The van der Waals surface area contributed by atoms with Gasteiger partial charge in [-0.1, -0.05) is 0 Å². The van der Waals surface area contributed by atoms with Crippen LogP contribution in [0.2, 0.25) is 0 Å². The van der Waals surface area contributed by atoms with Gasteiger partial charge >= 0.3 is 0 Å². The second kappa shape index (κ2) is 8.19. The fraction of sp³-hybridized carbons (Fsp3) is 0.176. The summed E-state index contributed by atoms with van der Waals surface area (Å²) in [6, 6.07) is 10.4. The monoisotopic (exact) mass is 437 g/mol. The van der Waals surface area contributed by atoms with Gasteiger partial charge in [-0.25, -0.2) is 26.1 Å². The van der Waals surface area contributed by atoms with Crippen LogP contribution in [0.15, 0.2) is 59.8 Å². The summed E-state index contributed by atoms with van der Waals surface area (Å²) in [6.45, 7) is 1.04. The number of nitrogens with one attached hydrogen (secondary N) is 3. The first-order chi connectivity index (χ1) is 13.6. The third-order valence-electron chi connectivity index (χ3n) is 3.82. The summed E-state index contributed by atoms with van der Waals surface area (Å²) in [5.74, 6) is -0.718. The Morgan fingerprint density at radius 2 is 1.76 bits per heavy atom. The van der Waals surface area contributed by atoms with E-state index >= 15 is 0 Å². The van der Waals surface area contributed by atoms with E-state index in [4.69, 9.17) is 0 Å². The maximum absolute atomic E-state index is 12.3. The van der Waals surface area contributed by atoms with Gasteiger partial charge in [-0.05, 0) is 42.5 Å². The number of pyridine rings is 1. The van der Waals surface area contributed by atoms with Crippen LogP contribution in [0.5, 0.6) is 0 Å². The number of anilines is 2. The highest BCUT2D eigenvalue weighted by Gasteiger charge is 2.17. The molecule has 0 aliphatic carbocycles. The molecule has 0 bridgehead atoms. The molecule has 0 saturated heterocycles. The van der Waals surface area contributed by atoms with Gasteiger partial charge in [0.1, 0.15) is 0 Å². The van der Waals surface area contributed by atoms with E-state index in [1.807, 2.05) is 0 Å². The summed E-state index contributed by atoms with van der Waals surface area (Å²) in [4.78, 5) is 11.0. The number of amides is 1. The van der Waals surface area contributed by atoms with Crippen molar-refractivity contribution in [2.24, 2.45) is 0 Å². The van der Waals surface area contributed by atoms with E-state index < -0.39 is 25.8 Å². The Kier molecular flexibility index (Phi) is 5.86. The number of aromatic nitrogens is 2. The highest BCUT2D eigenvalue weighted by Crippen LogP contribution is 2.15. The molecule has 0 fully saturated rings. The average molecular weight is 438 g/mol. The summed E-state index contributed by atoms with van der Waals surface area (Å²) in [5, 5.41) is 6.56. The fourth-order valence-corrected chi connectivity index (χ4v) is 4.65. The van der Waals surface area contributed by atoms with E-state index in [-0.39, 0.29) is 17.3 Å². The minimum atomic E-state index is -3.89. The van der Waals surface area contributed by atoms with E-state index in [9.17, 15) is 21.6 Å². The third kappa shape index (κ3) is 5.53. The predicted molar refractivity (Wildman–Crippen MR) is 109 cm³/mol. The molecule has 0 saturated carbocycles. The fourth-order valence-electron chi connectivity index (χ4n) is 2.53. The van der Waals surface area contributed by atoms with E-state index in [0.29, 0.717) is 16.9 Å². The van der Waals surface area contributed by atoms with Gasteiger partial charge in [0.05, 0.1) is 21.9 Å². The van der Waals surface area contributed by atoms with E-state index in [2.05, 4.69) is 19.9 Å². The second-order valence-electron chi connectivity index (χ2n) is 6.14. The van der Waals surface area contributed by atoms with E-state index in [1.54, 1.807) is 35.1 Å². The lowest BCUT2D eigenvalue weighted by Crippen LogP contribution is -2.31. The Morgan fingerprint density at radius 1 is 1.03 bits per heavy atom. The molecular formula is C17H19N5O5S2. The largest absolute Gasteiger partial charge is 0.326 e. The number of hydrogen-bond acceptors (Lipinski definition) is 6. The van der Waals surface area contributed by atoms with Crippen LogP contribution in [0.1, 0.15) is 6.92 Å². The van der Waals surface area contributed by atoms with Crippen molar-refractivity contribution in [3.05, 3.63) is 54.9 Å². The normalized spacial score (nSPS) is 12.0. The van der Waals surface area contributed by atoms with Crippen LogP contribution in [0.25, 0.3) is 5.52 Å². The minimum Gasteiger partial charge on any atom is -0.326 e. The zero-order valence-electron chi connectivity index (χ0n) is 15.4. The van der Waals surface area contributed by atoms with Crippen molar-refractivity contribution in [1.82, 2.24) is 14.3 Å². The molecule has 3 N–H and O–H groups in total. The Hall–Kier alpha value is -2.96. The molecule has 29 heavy (non-hydrogen) atoms. The minimum absolute atomic E-state index is 0.0388. The van der Waals surface area contributed by atoms with Gasteiger partial charge < -0.3 is 5.32 Å². The van der Waals surface area contributed by atoms with Crippen LogP contribution in [0, 0.1) is 0 Å². The number of fused-ring (bicyclic) bond motifs is 1. The van der Waals surface area contributed by atoms with E-state index in [0.717, 1.165) is 0 Å². The Bertz CT molecular complexity index is 1230. The SMILES string of the molecule is CC(=O)Nc1ccc(S(=O)(=O)NCCS(=O)(=O)Nc2ccn3nccc3c2)cc1. The highest BCUT2D eigenvalue weighted by atomic mass is 32.2. The van der Waals surface area contributed by atoms with Gasteiger partial charge in [0.25, 0.3) is 0 Å². The molecule has 12 heteroatoms. The van der Waals surface area contributed by atoms with Crippen LogP contribution >= 0.6 is 0 Å². The van der Waals surface area contributed by atoms with Gasteiger partial charge in [-0.15, -0.1) is 0 Å². The summed E-state index contributed by atoms with van der Waals surface area (Å²) < 4.78 is 55.3. The zero-order valence-corrected chi connectivity index (χ0v) is 17.0. The summed E-state index contributed by atoms with van der Waals surface area (Å²) in [6.07, 6.45) is 3.20.